The zero-order valence-corrected chi connectivity index (χ0v) is 21.5. The van der Waals surface area contributed by atoms with E-state index in [9.17, 15) is 39.9 Å². The van der Waals surface area contributed by atoms with Crippen LogP contribution >= 0.6 is 23.2 Å². The van der Waals surface area contributed by atoms with Gasteiger partial charge in [0.25, 0.3) is 11.9 Å². The molecule has 2 N–H and O–H groups in total. The van der Waals surface area contributed by atoms with Gasteiger partial charge in [-0.2, -0.15) is 0 Å². The topological polar surface area (TPSA) is 92.3 Å². The summed E-state index contributed by atoms with van der Waals surface area (Å²) in [7, 11) is -4.94. The molecule has 0 aliphatic heterocycles. The number of imidazole rings is 1. The lowest BCUT2D eigenvalue weighted by Gasteiger charge is -2.15. The van der Waals surface area contributed by atoms with E-state index in [-0.39, 0.29) is 43.6 Å². The number of halogens is 8. The van der Waals surface area contributed by atoms with Gasteiger partial charge in [0.2, 0.25) is 9.84 Å². The van der Waals surface area contributed by atoms with Crippen LogP contribution < -0.4 is 4.74 Å². The number of hydrogen-bond acceptors (Lipinski definition) is 5. The lowest BCUT2D eigenvalue weighted by atomic mass is 9.99. The fraction of sp³-hybridized carbons (Fsp3) is 0.208. The Morgan fingerprint density at radius 1 is 1.03 bits per heavy atom. The Morgan fingerprint density at radius 2 is 1.67 bits per heavy atom. The molecule has 0 saturated heterocycles. The van der Waals surface area contributed by atoms with Crippen molar-refractivity contribution in [3.05, 3.63) is 76.0 Å². The zero-order valence-electron chi connectivity index (χ0n) is 19.2. The van der Waals surface area contributed by atoms with E-state index in [1.54, 1.807) is 0 Å². The molecular formula is C24H16Cl2F6N2O4S. The number of para-hydroxylation sites is 1. The lowest BCUT2D eigenvalue weighted by Crippen LogP contribution is -2.24. The number of hydrogen-bond donors (Lipinski definition) is 2. The van der Waals surface area contributed by atoms with Crippen molar-refractivity contribution in [2.24, 2.45) is 0 Å². The maximum atomic E-state index is 13.5. The van der Waals surface area contributed by atoms with Gasteiger partial charge in [-0.25, -0.2) is 26.6 Å². The van der Waals surface area contributed by atoms with Gasteiger partial charge in [0.15, 0.2) is 0 Å². The van der Waals surface area contributed by atoms with Crippen LogP contribution in [-0.4, -0.2) is 48.4 Å². The molecule has 15 heteroatoms. The molecule has 2 atom stereocenters. The highest BCUT2D eigenvalue weighted by atomic mass is 35.5. The molecule has 0 bridgehead atoms. The van der Waals surface area contributed by atoms with Gasteiger partial charge in [0, 0.05) is 11.1 Å². The summed E-state index contributed by atoms with van der Waals surface area (Å²) in [5.74, 6) is -1.34. The fourth-order valence-electron chi connectivity index (χ4n) is 3.90. The SMILES string of the molecule is O=S(=O)(c1ccc(C(CO)c2nc3c(Cl)c(-c4ccccc4OC(F)(F)F)c(Cl)cc3[nH]2)cc1)C(F)C(F)F. The highest BCUT2D eigenvalue weighted by molar-refractivity contribution is 7.92. The molecule has 1 aromatic heterocycles. The first-order valence-corrected chi connectivity index (χ1v) is 13.1. The maximum absolute atomic E-state index is 13.5. The minimum absolute atomic E-state index is 0.0126. The van der Waals surface area contributed by atoms with Gasteiger partial charge in [0.1, 0.15) is 17.1 Å². The van der Waals surface area contributed by atoms with Crippen molar-refractivity contribution >= 4 is 44.1 Å². The van der Waals surface area contributed by atoms with Gasteiger partial charge in [-0.1, -0.05) is 53.5 Å². The molecule has 0 aliphatic rings. The maximum Gasteiger partial charge on any atom is 0.573 e. The average molecular weight is 613 g/mol. The predicted molar refractivity (Wildman–Crippen MR) is 132 cm³/mol. The quantitative estimate of drug-likeness (QED) is 0.211. The summed E-state index contributed by atoms with van der Waals surface area (Å²) in [6.45, 7) is -0.560. The van der Waals surface area contributed by atoms with Gasteiger partial charge in [-0.05, 0) is 29.8 Å². The summed E-state index contributed by atoms with van der Waals surface area (Å²) in [5.41, 5.74) is -2.79. The molecule has 4 rings (SSSR count). The number of aliphatic hydroxyl groups is 1. The van der Waals surface area contributed by atoms with Crippen molar-refractivity contribution in [1.29, 1.82) is 0 Å². The minimum Gasteiger partial charge on any atom is -0.405 e. The van der Waals surface area contributed by atoms with Crippen molar-refractivity contribution in [3.8, 4) is 16.9 Å². The largest absolute Gasteiger partial charge is 0.573 e. The number of fused-ring (bicyclic) bond motifs is 1. The number of rotatable bonds is 8. The van der Waals surface area contributed by atoms with Crippen molar-refractivity contribution < 1.29 is 44.6 Å². The van der Waals surface area contributed by atoms with Gasteiger partial charge in [-0.15, -0.1) is 13.2 Å². The van der Waals surface area contributed by atoms with Crippen LogP contribution in [0.25, 0.3) is 22.2 Å². The molecule has 39 heavy (non-hydrogen) atoms. The predicted octanol–water partition coefficient (Wildman–Crippen LogP) is 6.89. The second-order valence-electron chi connectivity index (χ2n) is 8.14. The van der Waals surface area contributed by atoms with Gasteiger partial charge in [-0.3, -0.25) is 0 Å². The van der Waals surface area contributed by atoms with E-state index in [1.807, 2.05) is 0 Å². The molecule has 0 radical (unpaired) electrons. The lowest BCUT2D eigenvalue weighted by molar-refractivity contribution is -0.274. The average Bonchev–Trinajstić information content (AvgIpc) is 3.28. The number of nitrogens with one attached hydrogen (secondary N) is 1. The van der Waals surface area contributed by atoms with Gasteiger partial charge >= 0.3 is 6.36 Å². The third kappa shape index (κ3) is 5.81. The smallest absolute Gasteiger partial charge is 0.405 e. The molecule has 0 aliphatic carbocycles. The highest BCUT2D eigenvalue weighted by Gasteiger charge is 2.36. The minimum atomic E-state index is -4.98. The standard InChI is InChI=1S/C24H16Cl2F6N2O4S/c25-15-9-16-20(19(26)18(15)13-3-1-2-4-17(13)38-24(30,31)32)34-23(33-16)14(10-35)11-5-7-12(8-6-11)39(36,37)22(29)21(27)28/h1-9,14,21-22,35H,10H2,(H,33,34). The first kappa shape index (κ1) is 29.0. The molecular weight excluding hydrogens is 597 g/mol. The number of H-pyrrole nitrogens is 1. The Bertz CT molecular complexity index is 1610. The molecule has 0 spiro atoms. The molecule has 0 fully saturated rings. The molecule has 0 amide bonds. The third-order valence-corrected chi connectivity index (χ3v) is 8.08. The Kier molecular flexibility index (Phi) is 8.08. The second kappa shape index (κ2) is 10.9. The van der Waals surface area contributed by atoms with E-state index in [4.69, 9.17) is 23.2 Å². The van der Waals surface area contributed by atoms with Crippen molar-refractivity contribution in [1.82, 2.24) is 9.97 Å². The summed E-state index contributed by atoms with van der Waals surface area (Å²) in [6.07, 6.45) is -8.71. The van der Waals surface area contributed by atoms with Gasteiger partial charge < -0.3 is 14.8 Å². The Balaban J connectivity index is 1.75. The highest BCUT2D eigenvalue weighted by Crippen LogP contribution is 2.44. The number of nitrogens with zero attached hydrogens (tertiary/aromatic N) is 1. The van der Waals surface area contributed by atoms with Gasteiger partial charge in [0.05, 0.1) is 33.0 Å². The van der Waals surface area contributed by atoms with E-state index in [2.05, 4.69) is 14.7 Å². The summed E-state index contributed by atoms with van der Waals surface area (Å²) in [6, 6.07) is 10.8. The van der Waals surface area contributed by atoms with Crippen LogP contribution in [0.15, 0.2) is 59.5 Å². The number of aromatic nitrogens is 2. The Hall–Kier alpha value is -3.00. The second-order valence-corrected chi connectivity index (χ2v) is 10.9. The Morgan fingerprint density at radius 3 is 2.26 bits per heavy atom. The molecule has 2 unspecified atom stereocenters. The van der Waals surface area contributed by atoms with E-state index >= 15 is 0 Å². The molecule has 4 aromatic rings. The van der Waals surface area contributed by atoms with Crippen LogP contribution in [-0.2, 0) is 9.84 Å². The van der Waals surface area contributed by atoms with Crippen molar-refractivity contribution in [2.75, 3.05) is 6.61 Å². The van der Waals surface area contributed by atoms with E-state index in [0.717, 1.165) is 18.2 Å². The first-order valence-electron chi connectivity index (χ1n) is 10.8. The number of benzene rings is 3. The summed E-state index contributed by atoms with van der Waals surface area (Å²) >= 11 is 12.9. The van der Waals surface area contributed by atoms with E-state index < -0.39 is 51.3 Å². The van der Waals surface area contributed by atoms with Crippen LogP contribution in [0.1, 0.15) is 17.3 Å². The van der Waals surface area contributed by atoms with Crippen molar-refractivity contribution in [3.63, 3.8) is 0 Å². The molecule has 1 heterocycles. The molecule has 208 valence electrons. The normalized spacial score (nSPS) is 14.1. The number of sulfone groups is 1. The zero-order chi connectivity index (χ0) is 28.7. The van der Waals surface area contributed by atoms with E-state index in [1.165, 1.54) is 36.4 Å². The number of ether oxygens (including phenoxy) is 1. The van der Waals surface area contributed by atoms with Crippen LogP contribution in [0, 0.1) is 0 Å². The monoisotopic (exact) mass is 612 g/mol. The number of aromatic amines is 1. The van der Waals surface area contributed by atoms with Crippen LogP contribution in [0.2, 0.25) is 10.0 Å². The summed E-state index contributed by atoms with van der Waals surface area (Å²) in [5, 5.41) is 9.88. The third-order valence-electron chi connectivity index (χ3n) is 5.69. The first-order chi connectivity index (χ1) is 18.2. The molecule has 3 aromatic carbocycles. The summed E-state index contributed by atoms with van der Waals surface area (Å²) < 4.78 is 106. The number of aliphatic hydroxyl groups excluding tert-OH is 1. The Labute approximate surface area is 227 Å². The fourth-order valence-corrected chi connectivity index (χ4v) is 5.65. The van der Waals surface area contributed by atoms with Crippen LogP contribution in [0.5, 0.6) is 5.75 Å². The van der Waals surface area contributed by atoms with E-state index in [0.29, 0.717) is 0 Å². The summed E-state index contributed by atoms with van der Waals surface area (Å²) in [4.78, 5) is 6.59. The number of alkyl halides is 6. The molecule has 0 saturated carbocycles. The van der Waals surface area contributed by atoms with Crippen molar-refractivity contribution in [2.45, 2.75) is 29.1 Å². The van der Waals surface area contributed by atoms with Crippen LogP contribution in [0.4, 0.5) is 26.3 Å². The van der Waals surface area contributed by atoms with Crippen LogP contribution in [0.3, 0.4) is 0 Å². The molecule has 6 nitrogen and oxygen atoms in total.